The molecule has 0 unspecified atom stereocenters. The number of hydrogen-bond donors (Lipinski definition) is 1. The first kappa shape index (κ1) is 13.3. The molecule has 4 heteroatoms. The molecule has 0 aromatic heterocycles. The van der Waals surface area contributed by atoms with Crippen molar-refractivity contribution in [3.8, 4) is 5.75 Å². The van der Waals surface area contributed by atoms with Gasteiger partial charge in [0.1, 0.15) is 5.75 Å². The molecule has 0 saturated heterocycles. The van der Waals surface area contributed by atoms with Crippen LogP contribution in [0.4, 0.5) is 0 Å². The van der Waals surface area contributed by atoms with Gasteiger partial charge in [0.05, 0.1) is 18.7 Å². The monoisotopic (exact) mass is 243 g/mol. The summed E-state index contributed by atoms with van der Waals surface area (Å²) in [7, 11) is 3.59. The first-order chi connectivity index (χ1) is 7.67. The number of halogens is 1. The smallest absolute Gasteiger partial charge is 0.137 e. The lowest BCUT2D eigenvalue weighted by Crippen LogP contribution is -2.24. The molecule has 0 radical (unpaired) electrons. The van der Waals surface area contributed by atoms with Crippen LogP contribution in [0.25, 0.3) is 0 Å². The van der Waals surface area contributed by atoms with Gasteiger partial charge in [0.25, 0.3) is 0 Å². The molecule has 0 aliphatic heterocycles. The van der Waals surface area contributed by atoms with Crippen molar-refractivity contribution in [2.45, 2.75) is 6.42 Å². The van der Waals surface area contributed by atoms with E-state index in [1.165, 1.54) is 5.56 Å². The van der Waals surface area contributed by atoms with Crippen LogP contribution in [0.1, 0.15) is 5.56 Å². The van der Waals surface area contributed by atoms with Crippen molar-refractivity contribution in [3.05, 3.63) is 28.8 Å². The maximum Gasteiger partial charge on any atom is 0.137 e. The Bertz CT molecular complexity index is 331. The predicted molar refractivity (Wildman–Crippen MR) is 66.3 cm³/mol. The van der Waals surface area contributed by atoms with Crippen molar-refractivity contribution in [2.24, 2.45) is 0 Å². The van der Waals surface area contributed by atoms with E-state index in [1.54, 1.807) is 7.11 Å². The van der Waals surface area contributed by atoms with Crippen LogP contribution in [0, 0.1) is 0 Å². The molecule has 0 aliphatic rings. The fourth-order valence-electron chi connectivity index (χ4n) is 1.47. The largest absolute Gasteiger partial charge is 0.495 e. The van der Waals surface area contributed by atoms with Gasteiger partial charge in [-0.15, -0.1) is 0 Å². The third-order valence-corrected chi connectivity index (χ3v) is 2.78. The van der Waals surface area contributed by atoms with Gasteiger partial charge in [0.15, 0.2) is 0 Å². The standard InChI is InChI=1S/C12H18ClNO2/c1-14(7-8-15)6-5-10-3-4-12(16-2)11(13)9-10/h3-4,9,15H,5-8H2,1-2H3. The number of nitrogens with zero attached hydrogens (tertiary/aromatic N) is 1. The molecule has 0 fully saturated rings. The number of benzene rings is 1. The van der Waals surface area contributed by atoms with E-state index < -0.39 is 0 Å². The van der Waals surface area contributed by atoms with Gasteiger partial charge in [-0.2, -0.15) is 0 Å². The van der Waals surface area contributed by atoms with E-state index in [9.17, 15) is 0 Å². The van der Waals surface area contributed by atoms with Gasteiger partial charge < -0.3 is 14.7 Å². The van der Waals surface area contributed by atoms with Crippen LogP contribution in [0.15, 0.2) is 18.2 Å². The van der Waals surface area contributed by atoms with Crippen LogP contribution in [-0.4, -0.2) is 43.9 Å². The Labute approximate surface area is 102 Å². The van der Waals surface area contributed by atoms with Crippen LogP contribution in [-0.2, 0) is 6.42 Å². The van der Waals surface area contributed by atoms with Gasteiger partial charge in [-0.3, -0.25) is 0 Å². The Hall–Kier alpha value is -0.770. The van der Waals surface area contributed by atoms with Gasteiger partial charge in [-0.25, -0.2) is 0 Å². The summed E-state index contributed by atoms with van der Waals surface area (Å²) < 4.78 is 5.09. The van der Waals surface area contributed by atoms with E-state index in [0.29, 0.717) is 17.3 Å². The summed E-state index contributed by atoms with van der Waals surface area (Å²) in [6, 6.07) is 5.81. The van der Waals surface area contributed by atoms with Crippen LogP contribution >= 0.6 is 11.6 Å². The lowest BCUT2D eigenvalue weighted by atomic mass is 10.1. The van der Waals surface area contributed by atoms with E-state index in [-0.39, 0.29) is 6.61 Å². The molecule has 0 bridgehead atoms. The highest BCUT2D eigenvalue weighted by Crippen LogP contribution is 2.25. The fourth-order valence-corrected chi connectivity index (χ4v) is 1.75. The fraction of sp³-hybridized carbons (Fsp3) is 0.500. The number of aliphatic hydroxyl groups excluding tert-OH is 1. The van der Waals surface area contributed by atoms with E-state index in [0.717, 1.165) is 13.0 Å². The molecule has 0 spiro atoms. The third kappa shape index (κ3) is 4.00. The predicted octanol–water partition coefficient (Wildman–Crippen LogP) is 1.82. The van der Waals surface area contributed by atoms with Gasteiger partial charge in [-0.05, 0) is 31.2 Å². The number of likely N-dealkylation sites (N-methyl/N-ethyl adjacent to an activating group) is 1. The Morgan fingerprint density at radius 1 is 1.38 bits per heavy atom. The molecule has 1 rings (SSSR count). The van der Waals surface area contributed by atoms with Gasteiger partial charge >= 0.3 is 0 Å². The van der Waals surface area contributed by atoms with E-state index in [4.69, 9.17) is 21.4 Å². The normalized spacial score (nSPS) is 10.8. The minimum Gasteiger partial charge on any atom is -0.495 e. The topological polar surface area (TPSA) is 32.7 Å². The van der Waals surface area contributed by atoms with Crippen molar-refractivity contribution >= 4 is 11.6 Å². The van der Waals surface area contributed by atoms with Crippen LogP contribution in [0.3, 0.4) is 0 Å². The van der Waals surface area contributed by atoms with Crippen LogP contribution in [0.5, 0.6) is 5.75 Å². The van der Waals surface area contributed by atoms with E-state index in [1.807, 2.05) is 25.2 Å². The Morgan fingerprint density at radius 3 is 2.69 bits per heavy atom. The van der Waals surface area contributed by atoms with Gasteiger partial charge in [-0.1, -0.05) is 17.7 Å². The highest BCUT2D eigenvalue weighted by Gasteiger charge is 2.03. The molecule has 90 valence electrons. The number of methoxy groups -OCH3 is 1. The van der Waals surface area contributed by atoms with Gasteiger partial charge in [0.2, 0.25) is 0 Å². The quantitative estimate of drug-likeness (QED) is 0.827. The Morgan fingerprint density at radius 2 is 2.12 bits per heavy atom. The summed E-state index contributed by atoms with van der Waals surface area (Å²) in [6.45, 7) is 1.80. The molecule has 0 heterocycles. The van der Waals surface area contributed by atoms with E-state index in [2.05, 4.69) is 4.90 Å². The molecule has 0 amide bonds. The van der Waals surface area contributed by atoms with E-state index >= 15 is 0 Å². The minimum atomic E-state index is 0.194. The molecule has 1 aromatic carbocycles. The molecule has 0 aliphatic carbocycles. The first-order valence-corrected chi connectivity index (χ1v) is 5.67. The average molecular weight is 244 g/mol. The lowest BCUT2D eigenvalue weighted by molar-refractivity contribution is 0.223. The zero-order valence-electron chi connectivity index (χ0n) is 9.74. The highest BCUT2D eigenvalue weighted by molar-refractivity contribution is 6.32. The van der Waals surface area contributed by atoms with Crippen molar-refractivity contribution in [3.63, 3.8) is 0 Å². The summed E-state index contributed by atoms with van der Waals surface area (Å²) in [4.78, 5) is 2.08. The van der Waals surface area contributed by atoms with Crippen molar-refractivity contribution in [2.75, 3.05) is 33.9 Å². The lowest BCUT2D eigenvalue weighted by Gasteiger charge is -2.15. The highest BCUT2D eigenvalue weighted by atomic mass is 35.5. The zero-order chi connectivity index (χ0) is 12.0. The second-order valence-electron chi connectivity index (χ2n) is 3.75. The average Bonchev–Trinajstić information content (AvgIpc) is 2.27. The second-order valence-corrected chi connectivity index (χ2v) is 4.15. The Kier molecular flexibility index (Phi) is 5.60. The summed E-state index contributed by atoms with van der Waals surface area (Å²) in [6.07, 6.45) is 0.917. The first-order valence-electron chi connectivity index (χ1n) is 5.29. The molecule has 1 aromatic rings. The Balaban J connectivity index is 2.51. The molecular weight excluding hydrogens is 226 g/mol. The molecule has 1 N–H and O–H groups in total. The molecule has 16 heavy (non-hydrogen) atoms. The van der Waals surface area contributed by atoms with Crippen LogP contribution < -0.4 is 4.74 Å². The van der Waals surface area contributed by atoms with Crippen molar-refractivity contribution in [1.29, 1.82) is 0 Å². The zero-order valence-corrected chi connectivity index (χ0v) is 10.5. The molecule has 0 saturated carbocycles. The van der Waals surface area contributed by atoms with Crippen molar-refractivity contribution in [1.82, 2.24) is 4.90 Å². The maximum atomic E-state index is 8.77. The van der Waals surface area contributed by atoms with Gasteiger partial charge in [0, 0.05) is 13.1 Å². The summed E-state index contributed by atoms with van der Waals surface area (Å²) in [5.41, 5.74) is 1.18. The summed E-state index contributed by atoms with van der Waals surface area (Å²) in [5.74, 6) is 0.703. The SMILES string of the molecule is COc1ccc(CCN(C)CCO)cc1Cl. The molecule has 3 nitrogen and oxygen atoms in total. The maximum absolute atomic E-state index is 8.77. The minimum absolute atomic E-state index is 0.194. The summed E-state index contributed by atoms with van der Waals surface area (Å²) >= 11 is 6.03. The summed E-state index contributed by atoms with van der Waals surface area (Å²) in [5, 5.41) is 9.41. The number of hydrogen-bond acceptors (Lipinski definition) is 3. The van der Waals surface area contributed by atoms with Crippen molar-refractivity contribution < 1.29 is 9.84 Å². The molecular formula is C12H18ClNO2. The number of ether oxygens (including phenoxy) is 1. The molecule has 0 atom stereocenters. The third-order valence-electron chi connectivity index (χ3n) is 2.48. The number of aliphatic hydroxyl groups is 1. The number of rotatable bonds is 6. The van der Waals surface area contributed by atoms with Crippen LogP contribution in [0.2, 0.25) is 5.02 Å². The second kappa shape index (κ2) is 6.74.